The van der Waals surface area contributed by atoms with E-state index in [0.717, 1.165) is 11.4 Å². The van der Waals surface area contributed by atoms with Crippen LogP contribution in [0.4, 0.5) is 5.69 Å². The van der Waals surface area contributed by atoms with E-state index in [1.807, 2.05) is 26.0 Å². The first-order chi connectivity index (χ1) is 11.1. The van der Waals surface area contributed by atoms with Crippen LogP contribution in [-0.2, 0) is 6.42 Å². The number of aromatic amines is 1. The molecule has 0 unspecified atom stereocenters. The van der Waals surface area contributed by atoms with Crippen molar-refractivity contribution in [3.05, 3.63) is 47.4 Å². The fourth-order valence-corrected chi connectivity index (χ4v) is 2.18. The van der Waals surface area contributed by atoms with Crippen LogP contribution >= 0.6 is 0 Å². The molecule has 0 saturated heterocycles. The molecule has 1 amide bonds. The van der Waals surface area contributed by atoms with Gasteiger partial charge in [-0.3, -0.25) is 9.89 Å². The molecule has 2 N–H and O–H groups in total. The van der Waals surface area contributed by atoms with Crippen molar-refractivity contribution >= 4 is 11.6 Å². The monoisotopic (exact) mass is 311 g/mol. The maximum Gasteiger partial charge on any atom is 0.293 e. The Morgan fingerprint density at radius 1 is 1.22 bits per heavy atom. The number of oxazole rings is 1. The number of carbonyl (C=O) groups is 1. The number of benzene rings is 1. The van der Waals surface area contributed by atoms with E-state index in [4.69, 9.17) is 4.42 Å². The summed E-state index contributed by atoms with van der Waals surface area (Å²) < 4.78 is 5.45. The van der Waals surface area contributed by atoms with Crippen molar-refractivity contribution < 1.29 is 9.21 Å². The lowest BCUT2D eigenvalue weighted by molar-refractivity contribution is 0.0994. The van der Waals surface area contributed by atoms with Crippen LogP contribution in [0.25, 0.3) is 11.4 Å². The van der Waals surface area contributed by atoms with Gasteiger partial charge < -0.3 is 9.73 Å². The van der Waals surface area contributed by atoms with Crippen LogP contribution in [0.15, 0.2) is 28.7 Å². The van der Waals surface area contributed by atoms with Crippen molar-refractivity contribution in [1.29, 1.82) is 0 Å². The number of rotatable bonds is 4. The zero-order valence-electron chi connectivity index (χ0n) is 13.2. The number of nitrogens with one attached hydrogen (secondary N) is 2. The van der Waals surface area contributed by atoms with Gasteiger partial charge in [0.15, 0.2) is 11.7 Å². The van der Waals surface area contributed by atoms with Crippen molar-refractivity contribution in [2.24, 2.45) is 0 Å². The second-order valence-electron chi connectivity index (χ2n) is 5.15. The summed E-state index contributed by atoms with van der Waals surface area (Å²) in [5, 5.41) is 9.70. The summed E-state index contributed by atoms with van der Waals surface area (Å²) in [7, 11) is 0. The lowest BCUT2D eigenvalue weighted by Gasteiger charge is -2.04. The molecular weight excluding hydrogens is 294 g/mol. The summed E-state index contributed by atoms with van der Waals surface area (Å²) in [5.74, 6) is 1.87. The Balaban J connectivity index is 1.75. The highest BCUT2D eigenvalue weighted by Crippen LogP contribution is 2.19. The highest BCUT2D eigenvalue weighted by atomic mass is 16.4. The second-order valence-corrected chi connectivity index (χ2v) is 5.15. The average Bonchev–Trinajstić information content (AvgIpc) is 3.14. The summed E-state index contributed by atoms with van der Waals surface area (Å²) >= 11 is 0. The van der Waals surface area contributed by atoms with Gasteiger partial charge in [0.2, 0.25) is 5.76 Å². The van der Waals surface area contributed by atoms with Gasteiger partial charge in [0.05, 0.1) is 5.69 Å². The quantitative estimate of drug-likeness (QED) is 0.772. The van der Waals surface area contributed by atoms with Gasteiger partial charge in [-0.25, -0.2) is 9.97 Å². The molecule has 0 aliphatic heterocycles. The minimum Gasteiger partial charge on any atom is -0.435 e. The standard InChI is InChI=1S/C16H17N5O2/c1-4-13-17-9(2)14(23-13)16(22)19-12-7-5-11(6-8-12)15-18-10(3)20-21-15/h5-8H,4H2,1-3H3,(H,19,22)(H,18,20,21). The molecule has 3 aromatic rings. The lowest BCUT2D eigenvalue weighted by Crippen LogP contribution is -2.12. The molecule has 118 valence electrons. The number of hydrogen-bond donors (Lipinski definition) is 2. The highest BCUT2D eigenvalue weighted by molar-refractivity contribution is 6.03. The molecular formula is C16H17N5O2. The van der Waals surface area contributed by atoms with Gasteiger partial charge in [-0.2, -0.15) is 5.10 Å². The SMILES string of the molecule is CCc1nc(C)c(C(=O)Nc2ccc(-c3n[nH]c(C)n3)cc2)o1. The van der Waals surface area contributed by atoms with E-state index in [2.05, 4.69) is 25.5 Å². The summed E-state index contributed by atoms with van der Waals surface area (Å²) in [6.07, 6.45) is 0.652. The highest BCUT2D eigenvalue weighted by Gasteiger charge is 2.17. The van der Waals surface area contributed by atoms with E-state index in [1.165, 1.54) is 0 Å². The van der Waals surface area contributed by atoms with E-state index in [1.54, 1.807) is 19.1 Å². The lowest BCUT2D eigenvalue weighted by atomic mass is 10.2. The van der Waals surface area contributed by atoms with Crippen LogP contribution in [-0.4, -0.2) is 26.1 Å². The van der Waals surface area contributed by atoms with Gasteiger partial charge in [-0.1, -0.05) is 6.92 Å². The summed E-state index contributed by atoms with van der Waals surface area (Å²) in [6, 6.07) is 7.29. The third-order valence-electron chi connectivity index (χ3n) is 3.35. The summed E-state index contributed by atoms with van der Waals surface area (Å²) in [6.45, 7) is 5.53. The molecule has 2 aromatic heterocycles. The van der Waals surface area contributed by atoms with E-state index in [-0.39, 0.29) is 11.7 Å². The molecule has 0 bridgehead atoms. The number of H-pyrrole nitrogens is 1. The van der Waals surface area contributed by atoms with Crippen molar-refractivity contribution in [2.75, 3.05) is 5.32 Å². The zero-order valence-corrected chi connectivity index (χ0v) is 13.2. The zero-order chi connectivity index (χ0) is 16.4. The molecule has 0 fully saturated rings. The smallest absolute Gasteiger partial charge is 0.293 e. The van der Waals surface area contributed by atoms with Gasteiger partial charge in [0, 0.05) is 17.7 Å². The minimum absolute atomic E-state index is 0.246. The van der Waals surface area contributed by atoms with Crippen molar-refractivity contribution in [3.63, 3.8) is 0 Å². The number of amides is 1. The molecule has 2 heterocycles. The first-order valence-corrected chi connectivity index (χ1v) is 7.34. The number of aromatic nitrogens is 4. The molecule has 3 rings (SSSR count). The second kappa shape index (κ2) is 6.04. The van der Waals surface area contributed by atoms with E-state index in [0.29, 0.717) is 29.5 Å². The topological polar surface area (TPSA) is 96.7 Å². The predicted octanol–water partition coefficient (Wildman–Crippen LogP) is 2.89. The Bertz CT molecular complexity index is 833. The first-order valence-electron chi connectivity index (χ1n) is 7.34. The third-order valence-corrected chi connectivity index (χ3v) is 3.35. The van der Waals surface area contributed by atoms with Gasteiger partial charge in [0.25, 0.3) is 5.91 Å². The first kappa shape index (κ1) is 15.0. The van der Waals surface area contributed by atoms with Crippen LogP contribution in [0.1, 0.15) is 34.9 Å². The van der Waals surface area contributed by atoms with Crippen LogP contribution in [0.2, 0.25) is 0 Å². The van der Waals surface area contributed by atoms with Crippen LogP contribution in [0.5, 0.6) is 0 Å². The molecule has 0 spiro atoms. The Hall–Kier alpha value is -2.96. The number of aryl methyl sites for hydroxylation is 3. The maximum absolute atomic E-state index is 12.2. The van der Waals surface area contributed by atoms with Crippen molar-refractivity contribution in [3.8, 4) is 11.4 Å². The fourth-order valence-electron chi connectivity index (χ4n) is 2.18. The molecule has 0 saturated carbocycles. The maximum atomic E-state index is 12.2. The average molecular weight is 311 g/mol. The van der Waals surface area contributed by atoms with Crippen molar-refractivity contribution in [2.45, 2.75) is 27.2 Å². The van der Waals surface area contributed by atoms with Gasteiger partial charge in [-0.15, -0.1) is 0 Å². The Morgan fingerprint density at radius 3 is 2.52 bits per heavy atom. The molecule has 7 nitrogen and oxygen atoms in total. The minimum atomic E-state index is -0.309. The molecule has 0 radical (unpaired) electrons. The number of carbonyl (C=O) groups excluding carboxylic acids is 1. The molecule has 1 aromatic carbocycles. The van der Waals surface area contributed by atoms with E-state index in [9.17, 15) is 4.79 Å². The summed E-state index contributed by atoms with van der Waals surface area (Å²) in [5.41, 5.74) is 2.13. The number of hydrogen-bond acceptors (Lipinski definition) is 5. The van der Waals surface area contributed by atoms with Crippen LogP contribution in [0.3, 0.4) is 0 Å². The largest absolute Gasteiger partial charge is 0.435 e. The van der Waals surface area contributed by atoms with Crippen molar-refractivity contribution in [1.82, 2.24) is 20.2 Å². The molecule has 0 aliphatic carbocycles. The van der Waals surface area contributed by atoms with E-state index < -0.39 is 0 Å². The number of nitrogens with zero attached hydrogens (tertiary/aromatic N) is 3. The Morgan fingerprint density at radius 2 is 1.96 bits per heavy atom. The molecule has 0 aliphatic rings. The molecule has 7 heteroatoms. The van der Waals surface area contributed by atoms with Gasteiger partial charge in [0.1, 0.15) is 5.82 Å². The Kier molecular flexibility index (Phi) is 3.92. The van der Waals surface area contributed by atoms with Crippen LogP contribution < -0.4 is 5.32 Å². The van der Waals surface area contributed by atoms with Crippen LogP contribution in [0, 0.1) is 13.8 Å². The normalized spacial score (nSPS) is 10.7. The third kappa shape index (κ3) is 3.13. The fraction of sp³-hybridized carbons (Fsp3) is 0.250. The summed E-state index contributed by atoms with van der Waals surface area (Å²) in [4.78, 5) is 20.7. The Labute approximate surface area is 133 Å². The van der Waals surface area contributed by atoms with Gasteiger partial charge in [-0.05, 0) is 38.1 Å². The molecule has 23 heavy (non-hydrogen) atoms. The van der Waals surface area contributed by atoms with Gasteiger partial charge >= 0.3 is 0 Å². The number of anilines is 1. The predicted molar refractivity (Wildman–Crippen MR) is 85.1 cm³/mol. The molecule has 0 atom stereocenters. The van der Waals surface area contributed by atoms with E-state index >= 15 is 0 Å².